The van der Waals surface area contributed by atoms with Gasteiger partial charge in [0.25, 0.3) is 5.91 Å². The fourth-order valence-electron chi connectivity index (χ4n) is 2.92. The second-order valence-corrected chi connectivity index (χ2v) is 7.72. The van der Waals surface area contributed by atoms with Crippen molar-refractivity contribution in [2.24, 2.45) is 0 Å². The van der Waals surface area contributed by atoms with Crippen molar-refractivity contribution in [2.75, 3.05) is 5.32 Å². The summed E-state index contributed by atoms with van der Waals surface area (Å²) in [6, 6.07) is 18.3. The topological polar surface area (TPSA) is 62.1 Å². The van der Waals surface area contributed by atoms with Crippen LogP contribution in [0.25, 0.3) is 6.08 Å². The Morgan fingerprint density at radius 2 is 1.78 bits per heavy atom. The number of nitrogens with zero attached hydrogens (tertiary/aromatic N) is 1. The van der Waals surface area contributed by atoms with E-state index in [1.807, 2.05) is 25.1 Å². The molecule has 7 heteroatoms. The minimum Gasteiger partial charge on any atom is -0.486 e. The average molecular weight is 469 g/mol. The Morgan fingerprint density at radius 1 is 1.09 bits per heavy atom. The molecule has 0 spiro atoms. The lowest BCUT2D eigenvalue weighted by atomic mass is 10.1. The quantitative estimate of drug-likeness (QED) is 0.305. The average Bonchev–Trinajstić information content (AvgIpc) is 2.77. The second-order valence-electron chi connectivity index (χ2n) is 6.91. The summed E-state index contributed by atoms with van der Waals surface area (Å²) < 4.78 is 19.0. The molecule has 0 heterocycles. The zero-order valence-electron chi connectivity index (χ0n) is 17.2. The third-order valence-corrected chi connectivity index (χ3v) is 5.15. The molecule has 0 aliphatic heterocycles. The van der Waals surface area contributed by atoms with Gasteiger partial charge in [0, 0.05) is 5.69 Å². The van der Waals surface area contributed by atoms with Crippen LogP contribution in [0.4, 0.5) is 10.1 Å². The molecule has 0 aromatic heterocycles. The van der Waals surface area contributed by atoms with E-state index in [0.717, 1.165) is 12.0 Å². The lowest BCUT2D eigenvalue weighted by Gasteiger charge is -2.11. The second kappa shape index (κ2) is 10.8. The van der Waals surface area contributed by atoms with Crippen LogP contribution in [0.5, 0.6) is 5.75 Å². The molecule has 1 amide bonds. The number of hydrogen-bond acceptors (Lipinski definition) is 3. The molecule has 3 aromatic carbocycles. The summed E-state index contributed by atoms with van der Waals surface area (Å²) in [5.74, 6) is -0.684. The van der Waals surface area contributed by atoms with E-state index in [9.17, 15) is 14.4 Å². The zero-order valence-corrected chi connectivity index (χ0v) is 18.7. The van der Waals surface area contributed by atoms with Crippen LogP contribution < -0.4 is 10.1 Å². The van der Waals surface area contributed by atoms with Gasteiger partial charge in [0.1, 0.15) is 24.1 Å². The van der Waals surface area contributed by atoms with Crippen LogP contribution in [0.15, 0.2) is 66.2 Å². The van der Waals surface area contributed by atoms with Gasteiger partial charge < -0.3 is 10.1 Å². The first-order valence-electron chi connectivity index (χ1n) is 9.78. The van der Waals surface area contributed by atoms with Crippen molar-refractivity contribution >= 4 is 40.9 Å². The molecule has 3 aromatic rings. The molecule has 162 valence electrons. The molecule has 0 saturated heterocycles. The highest BCUT2D eigenvalue weighted by Gasteiger charge is 2.13. The molecule has 0 atom stereocenters. The monoisotopic (exact) mass is 468 g/mol. The minimum atomic E-state index is -0.546. The number of hydrogen-bond donors (Lipinski definition) is 1. The van der Waals surface area contributed by atoms with Crippen LogP contribution in [0.2, 0.25) is 10.0 Å². The van der Waals surface area contributed by atoms with Gasteiger partial charge in [-0.1, -0.05) is 54.4 Å². The van der Waals surface area contributed by atoms with Gasteiger partial charge in [0.05, 0.1) is 10.0 Å². The van der Waals surface area contributed by atoms with Crippen molar-refractivity contribution in [1.29, 1.82) is 5.26 Å². The number of ether oxygens (including phenoxy) is 1. The van der Waals surface area contributed by atoms with E-state index < -0.39 is 5.91 Å². The van der Waals surface area contributed by atoms with Crippen molar-refractivity contribution in [2.45, 2.75) is 20.0 Å². The summed E-state index contributed by atoms with van der Waals surface area (Å²) in [4.78, 5) is 12.5. The van der Waals surface area contributed by atoms with Crippen LogP contribution in [0.1, 0.15) is 23.6 Å². The van der Waals surface area contributed by atoms with Gasteiger partial charge in [-0.25, -0.2) is 4.39 Å². The van der Waals surface area contributed by atoms with E-state index in [2.05, 4.69) is 5.32 Å². The standard InChI is InChI=1S/C25H19Cl2FN2O2/c1-2-16-6-8-21(9-7-16)30-25(31)19(14-29)10-18-12-22(26)24(23(27)13-18)32-15-17-4-3-5-20(28)11-17/h3-13H,2,15H2,1H3,(H,30,31)/b19-10+. The maximum atomic E-state index is 13.3. The normalized spacial score (nSPS) is 11.0. The summed E-state index contributed by atoms with van der Waals surface area (Å²) in [5.41, 5.74) is 2.71. The highest BCUT2D eigenvalue weighted by Crippen LogP contribution is 2.35. The van der Waals surface area contributed by atoms with Crippen molar-refractivity contribution in [3.05, 3.63) is 98.8 Å². The summed E-state index contributed by atoms with van der Waals surface area (Å²) in [6.45, 7) is 2.12. The molecule has 0 radical (unpaired) electrons. The molecule has 0 unspecified atom stereocenters. The molecular formula is C25H19Cl2FN2O2. The van der Waals surface area contributed by atoms with Crippen molar-refractivity contribution in [1.82, 2.24) is 0 Å². The number of anilines is 1. The van der Waals surface area contributed by atoms with Crippen molar-refractivity contribution in [3.8, 4) is 11.8 Å². The maximum Gasteiger partial charge on any atom is 0.266 e. The van der Waals surface area contributed by atoms with E-state index >= 15 is 0 Å². The Hall–Kier alpha value is -3.33. The number of amides is 1. The lowest BCUT2D eigenvalue weighted by Crippen LogP contribution is -2.13. The van der Waals surface area contributed by atoms with Crippen LogP contribution in [-0.4, -0.2) is 5.91 Å². The predicted octanol–water partition coefficient (Wildman–Crippen LogP) is 6.82. The number of benzene rings is 3. The molecule has 4 nitrogen and oxygen atoms in total. The van der Waals surface area contributed by atoms with Crippen molar-refractivity contribution < 1.29 is 13.9 Å². The number of nitriles is 1. The fourth-order valence-corrected chi connectivity index (χ4v) is 3.53. The largest absolute Gasteiger partial charge is 0.486 e. The van der Waals surface area contributed by atoms with Crippen LogP contribution in [0.3, 0.4) is 0 Å². The van der Waals surface area contributed by atoms with Gasteiger partial charge in [-0.2, -0.15) is 5.26 Å². The Bertz CT molecular complexity index is 1180. The number of carbonyl (C=O) groups is 1. The zero-order chi connectivity index (χ0) is 23.1. The van der Waals surface area contributed by atoms with Crippen molar-refractivity contribution in [3.63, 3.8) is 0 Å². The molecule has 0 saturated carbocycles. The highest BCUT2D eigenvalue weighted by atomic mass is 35.5. The minimum absolute atomic E-state index is 0.0784. The van der Waals surface area contributed by atoms with Gasteiger partial charge >= 0.3 is 0 Å². The smallest absolute Gasteiger partial charge is 0.266 e. The Kier molecular flexibility index (Phi) is 7.88. The van der Waals surface area contributed by atoms with E-state index in [0.29, 0.717) is 16.8 Å². The maximum absolute atomic E-state index is 13.3. The number of aryl methyl sites for hydroxylation is 1. The van der Waals surface area contributed by atoms with Gasteiger partial charge in [-0.3, -0.25) is 4.79 Å². The van der Waals surface area contributed by atoms with Crippen LogP contribution in [0, 0.1) is 17.1 Å². The number of rotatable bonds is 7. The summed E-state index contributed by atoms with van der Waals surface area (Å²) in [6.07, 6.45) is 2.28. The molecule has 0 aliphatic carbocycles. The van der Waals surface area contributed by atoms with E-state index in [1.54, 1.807) is 24.3 Å². The molecule has 32 heavy (non-hydrogen) atoms. The summed E-state index contributed by atoms with van der Waals surface area (Å²) in [5, 5.41) is 12.5. The first-order valence-corrected chi connectivity index (χ1v) is 10.5. The molecule has 1 N–H and O–H groups in total. The van der Waals surface area contributed by atoms with Gasteiger partial charge in [0.15, 0.2) is 5.75 Å². The molecular weight excluding hydrogens is 450 g/mol. The Balaban J connectivity index is 1.75. The van der Waals surface area contributed by atoms with Crippen LogP contribution >= 0.6 is 23.2 Å². The van der Waals surface area contributed by atoms with Gasteiger partial charge in [-0.15, -0.1) is 0 Å². The number of halogens is 3. The summed E-state index contributed by atoms with van der Waals surface area (Å²) >= 11 is 12.6. The molecule has 0 fully saturated rings. The van der Waals surface area contributed by atoms with E-state index in [-0.39, 0.29) is 33.8 Å². The third kappa shape index (κ3) is 6.10. The number of carbonyl (C=O) groups excluding carboxylic acids is 1. The lowest BCUT2D eigenvalue weighted by molar-refractivity contribution is -0.112. The highest BCUT2D eigenvalue weighted by molar-refractivity contribution is 6.37. The third-order valence-electron chi connectivity index (χ3n) is 4.59. The van der Waals surface area contributed by atoms with Crippen LogP contribution in [-0.2, 0) is 17.8 Å². The molecule has 0 aliphatic rings. The fraction of sp³-hybridized carbons (Fsp3) is 0.120. The molecule has 0 bridgehead atoms. The van der Waals surface area contributed by atoms with Gasteiger partial charge in [-0.05, 0) is 65.6 Å². The predicted molar refractivity (Wildman–Crippen MR) is 125 cm³/mol. The van der Waals surface area contributed by atoms with E-state index in [4.69, 9.17) is 27.9 Å². The first kappa shape index (κ1) is 23.3. The summed E-state index contributed by atoms with van der Waals surface area (Å²) in [7, 11) is 0. The molecule has 3 rings (SSSR count). The Labute approximate surface area is 195 Å². The Morgan fingerprint density at radius 3 is 2.38 bits per heavy atom. The SMILES string of the molecule is CCc1ccc(NC(=O)/C(C#N)=C/c2cc(Cl)c(OCc3cccc(F)c3)c(Cl)c2)cc1. The van der Waals surface area contributed by atoms with E-state index in [1.165, 1.54) is 30.3 Å². The number of nitrogens with one attached hydrogen (secondary N) is 1. The first-order chi connectivity index (χ1) is 15.4. The van der Waals surface area contributed by atoms with Gasteiger partial charge in [0.2, 0.25) is 0 Å².